The highest BCUT2D eigenvalue weighted by Crippen LogP contribution is 2.20. The number of carbonyl (C=O) groups excluding carboxylic acids is 1. The molecule has 0 aliphatic carbocycles. The van der Waals surface area contributed by atoms with E-state index in [2.05, 4.69) is 12.1 Å². The van der Waals surface area contributed by atoms with E-state index in [1.807, 2.05) is 42.5 Å². The zero-order valence-corrected chi connectivity index (χ0v) is 17.4. The summed E-state index contributed by atoms with van der Waals surface area (Å²) < 4.78 is 13.2. The molecule has 0 atom stereocenters. The number of nitrogens with zero attached hydrogens (tertiary/aromatic N) is 1. The van der Waals surface area contributed by atoms with E-state index in [9.17, 15) is 19.1 Å². The van der Waals surface area contributed by atoms with Crippen molar-refractivity contribution in [2.24, 2.45) is 0 Å². The van der Waals surface area contributed by atoms with Gasteiger partial charge in [-0.25, -0.2) is 9.18 Å². The van der Waals surface area contributed by atoms with E-state index >= 15 is 0 Å². The number of amides is 1. The van der Waals surface area contributed by atoms with Gasteiger partial charge >= 0.3 is 5.97 Å². The molecule has 32 heavy (non-hydrogen) atoms. The summed E-state index contributed by atoms with van der Waals surface area (Å²) >= 11 is 0. The van der Waals surface area contributed by atoms with Gasteiger partial charge in [0.05, 0.1) is 6.08 Å². The summed E-state index contributed by atoms with van der Waals surface area (Å²) in [6, 6.07) is 24.0. The Balaban J connectivity index is 1.65. The lowest BCUT2D eigenvalue weighted by Crippen LogP contribution is -2.31. The molecule has 5 nitrogen and oxygen atoms in total. The van der Waals surface area contributed by atoms with E-state index in [1.165, 1.54) is 17.0 Å². The van der Waals surface area contributed by atoms with Crippen LogP contribution < -0.4 is 0 Å². The molecule has 0 bridgehead atoms. The van der Waals surface area contributed by atoms with E-state index < -0.39 is 17.6 Å². The number of carboxylic acid groups (broad SMARTS) is 1. The van der Waals surface area contributed by atoms with Crippen LogP contribution in [-0.4, -0.2) is 33.5 Å². The summed E-state index contributed by atoms with van der Waals surface area (Å²) in [6.07, 6.45) is 2.05. The molecule has 3 aromatic rings. The van der Waals surface area contributed by atoms with Crippen molar-refractivity contribution in [3.63, 3.8) is 0 Å². The lowest BCUT2D eigenvalue weighted by Gasteiger charge is -2.21. The first kappa shape index (κ1) is 22.7. The number of benzene rings is 3. The van der Waals surface area contributed by atoms with Gasteiger partial charge < -0.3 is 15.1 Å². The minimum atomic E-state index is -1.57. The topological polar surface area (TPSA) is 77.8 Å². The van der Waals surface area contributed by atoms with Crippen molar-refractivity contribution in [2.45, 2.75) is 19.4 Å². The molecule has 0 saturated heterocycles. The Morgan fingerprint density at radius 2 is 1.41 bits per heavy atom. The number of aliphatic carboxylic acids is 1. The van der Waals surface area contributed by atoms with E-state index in [1.54, 1.807) is 12.1 Å². The number of carbonyl (C=O) groups is 2. The molecule has 1 amide bonds. The second-order valence-corrected chi connectivity index (χ2v) is 7.39. The number of aliphatic hydroxyl groups excluding tert-OH is 1. The van der Waals surface area contributed by atoms with E-state index in [0.717, 1.165) is 23.1 Å². The van der Waals surface area contributed by atoms with E-state index in [4.69, 9.17) is 5.11 Å². The summed E-state index contributed by atoms with van der Waals surface area (Å²) in [7, 11) is 0. The molecule has 0 unspecified atom stereocenters. The number of carboxylic acids is 1. The Morgan fingerprint density at radius 1 is 0.812 bits per heavy atom. The van der Waals surface area contributed by atoms with Gasteiger partial charge in [-0.3, -0.25) is 4.79 Å². The minimum Gasteiger partial charge on any atom is -0.502 e. The van der Waals surface area contributed by atoms with Crippen LogP contribution in [-0.2, 0) is 22.6 Å². The highest BCUT2D eigenvalue weighted by molar-refractivity contribution is 5.96. The smallest absolute Gasteiger partial charge is 0.371 e. The number of rotatable bonds is 9. The molecule has 0 saturated carbocycles. The molecule has 0 aliphatic rings. The molecule has 164 valence electrons. The minimum absolute atomic E-state index is 0.176. The molecule has 2 N–H and O–H groups in total. The Kier molecular flexibility index (Phi) is 7.75. The third-order valence-electron chi connectivity index (χ3n) is 5.03. The lowest BCUT2D eigenvalue weighted by atomic mass is 10.0. The first-order valence-corrected chi connectivity index (χ1v) is 10.2. The van der Waals surface area contributed by atoms with Crippen LogP contribution in [0.4, 0.5) is 4.39 Å². The maximum Gasteiger partial charge on any atom is 0.371 e. The second-order valence-electron chi connectivity index (χ2n) is 7.39. The molecule has 6 heteroatoms. The molecule has 3 aromatic carbocycles. The van der Waals surface area contributed by atoms with Crippen LogP contribution in [0.5, 0.6) is 0 Å². The maximum absolute atomic E-state index is 13.2. The number of aryl methyl sites for hydroxylation is 1. The normalized spacial score (nSPS) is 11.2. The zero-order valence-electron chi connectivity index (χ0n) is 17.4. The summed E-state index contributed by atoms with van der Waals surface area (Å²) in [6.45, 7) is 0.523. The maximum atomic E-state index is 13.2. The van der Waals surface area contributed by atoms with Crippen LogP contribution in [0.15, 0.2) is 90.7 Å². The zero-order chi connectivity index (χ0) is 22.9. The van der Waals surface area contributed by atoms with Gasteiger partial charge in [0.15, 0.2) is 0 Å². The van der Waals surface area contributed by atoms with Gasteiger partial charge in [0.25, 0.3) is 5.91 Å². The van der Waals surface area contributed by atoms with Gasteiger partial charge in [0.2, 0.25) is 5.76 Å². The van der Waals surface area contributed by atoms with E-state index in [-0.39, 0.29) is 12.4 Å². The van der Waals surface area contributed by atoms with Gasteiger partial charge in [-0.15, -0.1) is 0 Å². The Labute approximate surface area is 186 Å². The summed E-state index contributed by atoms with van der Waals surface area (Å²) in [5, 5.41) is 18.3. The fourth-order valence-corrected chi connectivity index (χ4v) is 3.32. The molecule has 0 heterocycles. The van der Waals surface area contributed by atoms with E-state index in [0.29, 0.717) is 24.6 Å². The number of hydrogen-bond acceptors (Lipinski definition) is 3. The molecule has 0 radical (unpaired) electrons. The average molecular weight is 433 g/mol. The van der Waals surface area contributed by atoms with Crippen molar-refractivity contribution >= 4 is 11.9 Å². The van der Waals surface area contributed by atoms with Crippen molar-refractivity contribution in [1.82, 2.24) is 4.90 Å². The van der Waals surface area contributed by atoms with Crippen LogP contribution >= 0.6 is 0 Å². The van der Waals surface area contributed by atoms with Crippen LogP contribution in [0.1, 0.15) is 17.5 Å². The second kappa shape index (κ2) is 10.9. The number of halogens is 1. The van der Waals surface area contributed by atoms with Crippen LogP contribution in [0.2, 0.25) is 0 Å². The van der Waals surface area contributed by atoms with Crippen LogP contribution in [0.3, 0.4) is 0 Å². The summed E-state index contributed by atoms with van der Waals surface area (Å²) in [5.41, 5.74) is 4.08. The Hall–Kier alpha value is -3.93. The quantitative estimate of drug-likeness (QED) is 0.369. The monoisotopic (exact) mass is 433 g/mol. The highest BCUT2D eigenvalue weighted by Gasteiger charge is 2.15. The first-order valence-electron chi connectivity index (χ1n) is 10.2. The first-order chi connectivity index (χ1) is 15.4. The molecule has 0 aliphatic heterocycles. The van der Waals surface area contributed by atoms with Gasteiger partial charge in [-0.1, -0.05) is 66.7 Å². The van der Waals surface area contributed by atoms with Crippen molar-refractivity contribution in [1.29, 1.82) is 0 Å². The van der Waals surface area contributed by atoms with Crippen molar-refractivity contribution < 1.29 is 24.2 Å². The number of aliphatic hydroxyl groups is 1. The molecule has 3 rings (SSSR count). The van der Waals surface area contributed by atoms with Gasteiger partial charge in [-0.05, 0) is 47.2 Å². The lowest BCUT2D eigenvalue weighted by molar-refractivity contribution is -0.136. The van der Waals surface area contributed by atoms with Crippen molar-refractivity contribution in [2.75, 3.05) is 6.54 Å². The predicted octanol–water partition coefficient (Wildman–Crippen LogP) is 4.98. The van der Waals surface area contributed by atoms with Crippen LogP contribution in [0.25, 0.3) is 11.1 Å². The standard InChI is InChI=1S/C26H24FNO4/c27-23-14-10-20(11-15-23)18-28(25(30)17-24(29)26(31)32)16-4-5-19-8-12-22(13-9-19)21-6-2-1-3-7-21/h1-3,6-15,17,29H,4-5,16,18H2,(H,31,32)/b24-17-. The van der Waals surface area contributed by atoms with Gasteiger partial charge in [-0.2, -0.15) is 0 Å². The summed E-state index contributed by atoms with van der Waals surface area (Å²) in [4.78, 5) is 24.8. The molecular weight excluding hydrogens is 409 g/mol. The Bertz CT molecular complexity index is 1080. The van der Waals surface area contributed by atoms with Crippen LogP contribution in [0, 0.1) is 5.82 Å². The molecule has 0 fully saturated rings. The number of hydrogen-bond donors (Lipinski definition) is 2. The highest BCUT2D eigenvalue weighted by atomic mass is 19.1. The Morgan fingerprint density at radius 3 is 2.03 bits per heavy atom. The fourth-order valence-electron chi connectivity index (χ4n) is 3.32. The molecule has 0 aromatic heterocycles. The van der Waals surface area contributed by atoms with Crippen molar-refractivity contribution in [3.05, 3.63) is 108 Å². The average Bonchev–Trinajstić information content (AvgIpc) is 2.80. The van der Waals surface area contributed by atoms with Crippen molar-refractivity contribution in [3.8, 4) is 11.1 Å². The third kappa shape index (κ3) is 6.54. The molecular formula is C26H24FNO4. The predicted molar refractivity (Wildman–Crippen MR) is 120 cm³/mol. The SMILES string of the molecule is O=C(O)/C(O)=C/C(=O)N(CCCc1ccc(-c2ccccc2)cc1)Cc1ccc(F)cc1. The molecule has 0 spiro atoms. The largest absolute Gasteiger partial charge is 0.502 e. The fraction of sp³-hybridized carbons (Fsp3) is 0.154. The summed E-state index contributed by atoms with van der Waals surface area (Å²) in [5.74, 6) is -3.59. The van der Waals surface area contributed by atoms with Gasteiger partial charge in [0, 0.05) is 13.1 Å². The van der Waals surface area contributed by atoms with Gasteiger partial charge in [0.1, 0.15) is 5.82 Å². The third-order valence-corrected chi connectivity index (χ3v) is 5.03.